The molecule has 1 unspecified atom stereocenters. The molecule has 13 heteroatoms. The lowest BCUT2D eigenvalue weighted by Gasteiger charge is -2.28. The molecule has 1 aliphatic heterocycles. The minimum Gasteiger partial charge on any atom is -0.364 e. The second-order valence-electron chi connectivity index (χ2n) is 6.72. The van der Waals surface area contributed by atoms with Crippen molar-refractivity contribution < 1.29 is 41.7 Å². The summed E-state index contributed by atoms with van der Waals surface area (Å²) in [7, 11) is 0. The number of Topliss-reactive ketones (excluding diaryl/α,β-unsaturated/α-hetero) is 1. The molecule has 8 nitrogen and oxygen atoms in total. The van der Waals surface area contributed by atoms with E-state index in [-0.39, 0.29) is 38.5 Å². The van der Waals surface area contributed by atoms with Crippen molar-refractivity contribution in [2.75, 3.05) is 19.9 Å². The van der Waals surface area contributed by atoms with Crippen molar-refractivity contribution in [2.45, 2.75) is 25.1 Å². The van der Waals surface area contributed by atoms with E-state index in [9.17, 15) is 22.4 Å². The molecule has 0 spiro atoms. The molecule has 0 aliphatic carbocycles. The number of nitrogens with two attached hydrogens (primary N) is 1. The number of hydrogen-bond acceptors (Lipinski definition) is 7. The lowest BCUT2D eigenvalue weighted by molar-refractivity contribution is -0.581. The van der Waals surface area contributed by atoms with Crippen molar-refractivity contribution in [3.8, 4) is 0 Å². The predicted octanol–water partition coefficient (Wildman–Crippen LogP) is 1.17. The zero-order valence-corrected chi connectivity index (χ0v) is 18.0. The Hall–Kier alpha value is -3.21. The standard InChI is InChI=1S/C17H16ClFN4O2.C2H3F3.CO2/c18-12-1-2-14(22-7-12)15(24)6-13-5-11(3-4-21-13)17(9-19)10-25-8-16(20)23-17;1-2(3,4)5;2-1-3/h1-5,7H,6,8-10H2,(H2,20,23);1H3;/p+1. The van der Waals surface area contributed by atoms with Crippen LogP contribution >= 0.6 is 11.6 Å². The van der Waals surface area contributed by atoms with Gasteiger partial charge < -0.3 is 4.74 Å². The Balaban J connectivity index is 0.000000591. The molecule has 0 radical (unpaired) electrons. The van der Waals surface area contributed by atoms with Gasteiger partial charge in [-0.1, -0.05) is 11.6 Å². The molecule has 2 aromatic heterocycles. The zero-order valence-electron chi connectivity index (χ0n) is 17.3. The molecule has 3 rings (SSSR count). The summed E-state index contributed by atoms with van der Waals surface area (Å²) in [6.45, 7) is -0.141. The summed E-state index contributed by atoms with van der Waals surface area (Å²) in [5.41, 5.74) is 6.12. The van der Waals surface area contributed by atoms with Gasteiger partial charge in [-0.25, -0.2) is 4.39 Å². The molecule has 0 aromatic carbocycles. The molecular weight excluding hydrogens is 472 g/mol. The molecule has 0 saturated heterocycles. The van der Waals surface area contributed by atoms with Crippen molar-refractivity contribution in [3.63, 3.8) is 0 Å². The summed E-state index contributed by atoms with van der Waals surface area (Å²) < 4.78 is 50.2. The van der Waals surface area contributed by atoms with Crippen molar-refractivity contribution in [1.29, 1.82) is 0 Å². The number of nitrogens with zero attached hydrogens (tertiary/aromatic N) is 2. The fraction of sp³-hybridized carbons (Fsp3) is 0.350. The molecule has 2 aromatic rings. The fourth-order valence-corrected chi connectivity index (χ4v) is 2.80. The first-order chi connectivity index (χ1) is 15.4. The van der Waals surface area contributed by atoms with Crippen LogP contribution in [0.15, 0.2) is 36.7 Å². The number of carbonyl (C=O) groups is 1. The van der Waals surface area contributed by atoms with Crippen molar-refractivity contribution in [2.24, 2.45) is 5.73 Å². The molecule has 1 atom stereocenters. The average Bonchev–Trinajstić information content (AvgIpc) is 2.73. The highest BCUT2D eigenvalue weighted by molar-refractivity contribution is 6.30. The number of amidine groups is 1. The van der Waals surface area contributed by atoms with Gasteiger partial charge in [-0.3, -0.25) is 25.5 Å². The number of aromatic nitrogens is 2. The van der Waals surface area contributed by atoms with Crippen LogP contribution < -0.4 is 10.7 Å². The van der Waals surface area contributed by atoms with Crippen LogP contribution in [0.25, 0.3) is 0 Å². The van der Waals surface area contributed by atoms with Crippen LogP contribution in [0.3, 0.4) is 0 Å². The Bertz CT molecular complexity index is 990. The Morgan fingerprint density at radius 3 is 2.45 bits per heavy atom. The van der Waals surface area contributed by atoms with Gasteiger partial charge in [0.2, 0.25) is 0 Å². The average molecular weight is 492 g/mol. The number of hydrogen-bond donors (Lipinski definition) is 2. The summed E-state index contributed by atoms with van der Waals surface area (Å²) in [5.74, 6) is 0.165. The number of ketones is 1. The SMILES string of the molecule is CC(F)(F)F.NC1=[NH+]C(CF)(c2ccnc(CC(=O)c3ccc(Cl)cn3)c2)COC1.O=C=O. The third kappa shape index (κ3) is 9.85. The van der Waals surface area contributed by atoms with Crippen molar-refractivity contribution in [3.05, 3.63) is 58.6 Å². The first-order valence-corrected chi connectivity index (χ1v) is 9.51. The van der Waals surface area contributed by atoms with Gasteiger partial charge in [-0.05, 0) is 24.3 Å². The summed E-state index contributed by atoms with van der Waals surface area (Å²) in [5, 5.41) is 0.457. The minimum absolute atomic E-state index is 0.0465. The van der Waals surface area contributed by atoms with Crippen LogP contribution in [0.2, 0.25) is 5.02 Å². The van der Waals surface area contributed by atoms with E-state index in [1.807, 2.05) is 0 Å². The van der Waals surface area contributed by atoms with Crippen molar-refractivity contribution in [1.82, 2.24) is 9.97 Å². The van der Waals surface area contributed by atoms with Crippen LogP contribution in [-0.4, -0.2) is 53.8 Å². The Morgan fingerprint density at radius 1 is 1.30 bits per heavy atom. The molecule has 3 N–H and O–H groups in total. The third-order valence-corrected chi connectivity index (χ3v) is 4.18. The molecule has 0 saturated carbocycles. The van der Waals surface area contributed by atoms with Gasteiger partial charge in [0.1, 0.15) is 19.0 Å². The highest BCUT2D eigenvalue weighted by atomic mass is 35.5. The number of nitrogens with one attached hydrogen (secondary N) is 1. The van der Waals surface area contributed by atoms with E-state index in [0.29, 0.717) is 27.8 Å². The number of alkyl halides is 4. The van der Waals surface area contributed by atoms with Crippen LogP contribution in [0.1, 0.15) is 28.7 Å². The largest absolute Gasteiger partial charge is 0.386 e. The number of halogens is 5. The monoisotopic (exact) mass is 491 g/mol. The van der Waals surface area contributed by atoms with Gasteiger partial charge in [0, 0.05) is 30.6 Å². The highest BCUT2D eigenvalue weighted by Crippen LogP contribution is 2.20. The first kappa shape index (κ1) is 27.8. The van der Waals surface area contributed by atoms with Gasteiger partial charge >= 0.3 is 12.3 Å². The Labute approximate surface area is 190 Å². The van der Waals surface area contributed by atoms with E-state index in [2.05, 4.69) is 15.0 Å². The van der Waals surface area contributed by atoms with Gasteiger partial charge in [0.15, 0.2) is 11.3 Å². The maximum Gasteiger partial charge on any atom is 0.386 e. The lowest BCUT2D eigenvalue weighted by Crippen LogP contribution is -2.91. The van der Waals surface area contributed by atoms with Crippen molar-refractivity contribution >= 4 is 29.4 Å². The van der Waals surface area contributed by atoms with E-state index >= 15 is 0 Å². The van der Waals surface area contributed by atoms with Crippen LogP contribution in [0, 0.1) is 0 Å². The normalized spacial score (nSPS) is 17.3. The summed E-state index contributed by atoms with van der Waals surface area (Å²) in [4.78, 5) is 39.8. The Morgan fingerprint density at radius 2 is 1.94 bits per heavy atom. The molecule has 0 bridgehead atoms. The van der Waals surface area contributed by atoms with E-state index in [4.69, 9.17) is 31.7 Å². The van der Waals surface area contributed by atoms with E-state index in [1.54, 1.807) is 24.3 Å². The fourth-order valence-electron chi connectivity index (χ4n) is 2.69. The number of ether oxygens (including phenoxy) is 1. The minimum atomic E-state index is -4.00. The summed E-state index contributed by atoms with van der Waals surface area (Å²) >= 11 is 5.77. The summed E-state index contributed by atoms with van der Waals surface area (Å²) in [6.07, 6.45) is -0.749. The van der Waals surface area contributed by atoms with E-state index in [1.165, 1.54) is 12.4 Å². The van der Waals surface area contributed by atoms with E-state index < -0.39 is 18.4 Å². The van der Waals surface area contributed by atoms with Gasteiger partial charge in [-0.2, -0.15) is 22.8 Å². The second-order valence-corrected chi connectivity index (χ2v) is 7.16. The first-order valence-electron chi connectivity index (χ1n) is 9.13. The smallest absolute Gasteiger partial charge is 0.364 e. The lowest BCUT2D eigenvalue weighted by atomic mass is 9.91. The number of carbonyl (C=O) groups excluding carboxylic acids is 3. The molecule has 1 aliphatic rings. The molecule has 3 heterocycles. The molecule has 0 amide bonds. The maximum atomic E-state index is 13.8. The van der Waals surface area contributed by atoms with Crippen LogP contribution in [0.4, 0.5) is 17.6 Å². The van der Waals surface area contributed by atoms with Crippen LogP contribution in [-0.2, 0) is 26.3 Å². The quantitative estimate of drug-likeness (QED) is 0.475. The maximum absolute atomic E-state index is 13.8. The second kappa shape index (κ2) is 12.7. The highest BCUT2D eigenvalue weighted by Gasteiger charge is 2.38. The molecule has 178 valence electrons. The van der Waals surface area contributed by atoms with Gasteiger partial charge in [0.05, 0.1) is 18.1 Å². The van der Waals surface area contributed by atoms with Gasteiger partial charge in [-0.15, -0.1) is 0 Å². The summed E-state index contributed by atoms with van der Waals surface area (Å²) in [6, 6.07) is 6.53. The number of rotatable bonds is 5. The van der Waals surface area contributed by atoms with E-state index in [0.717, 1.165) is 0 Å². The number of pyridine rings is 2. The topological polar surface area (TPSA) is 126 Å². The Kier molecular flexibility index (Phi) is 10.7. The zero-order chi connectivity index (χ0) is 25.1. The predicted molar refractivity (Wildman–Crippen MR) is 107 cm³/mol. The molecule has 33 heavy (non-hydrogen) atoms. The molecule has 0 fully saturated rings. The van der Waals surface area contributed by atoms with Gasteiger partial charge in [0.25, 0.3) is 5.84 Å². The van der Waals surface area contributed by atoms with Crippen LogP contribution in [0.5, 0.6) is 0 Å². The third-order valence-electron chi connectivity index (χ3n) is 3.96. The molecular formula is C20H20ClF4N4O4+.